The number of benzene rings is 2. The molecule has 152 valence electrons. The number of nitrogens with one attached hydrogen (secondary N) is 1. The van der Waals surface area contributed by atoms with Crippen LogP contribution in [0, 0.1) is 0 Å². The minimum atomic E-state index is -0.596. The van der Waals surface area contributed by atoms with Gasteiger partial charge in [0.15, 0.2) is 17.6 Å². The number of carbonyl (C=O) groups is 1. The highest BCUT2D eigenvalue weighted by atomic mass is 16.5. The maximum atomic E-state index is 12.8. The van der Waals surface area contributed by atoms with Crippen LogP contribution in [0.2, 0.25) is 0 Å². The summed E-state index contributed by atoms with van der Waals surface area (Å²) in [6, 6.07) is 12.7. The first-order valence-electron chi connectivity index (χ1n) is 9.39. The molecule has 0 bridgehead atoms. The van der Waals surface area contributed by atoms with Gasteiger partial charge in [0.2, 0.25) is 0 Å². The van der Waals surface area contributed by atoms with E-state index < -0.39 is 6.10 Å². The lowest BCUT2D eigenvalue weighted by Crippen LogP contribution is -2.39. The number of rotatable bonds is 10. The van der Waals surface area contributed by atoms with Crippen molar-refractivity contribution >= 4 is 5.91 Å². The lowest BCUT2D eigenvalue weighted by atomic mass is 10.0. The molecule has 0 radical (unpaired) electrons. The fourth-order valence-corrected chi connectivity index (χ4v) is 2.92. The summed E-state index contributed by atoms with van der Waals surface area (Å²) in [6.07, 6.45) is 0.684. The molecule has 0 spiro atoms. The van der Waals surface area contributed by atoms with E-state index in [1.54, 1.807) is 27.4 Å². The van der Waals surface area contributed by atoms with Crippen molar-refractivity contribution in [3.63, 3.8) is 0 Å². The van der Waals surface area contributed by atoms with Crippen LogP contribution < -0.4 is 24.3 Å². The Hall–Kier alpha value is -2.89. The quantitative estimate of drug-likeness (QED) is 0.664. The van der Waals surface area contributed by atoms with E-state index in [9.17, 15) is 4.79 Å². The number of carbonyl (C=O) groups excluding carboxylic acids is 1. The minimum Gasteiger partial charge on any atom is -0.497 e. The fourth-order valence-electron chi connectivity index (χ4n) is 2.92. The van der Waals surface area contributed by atoms with Gasteiger partial charge in [-0.15, -0.1) is 0 Å². The van der Waals surface area contributed by atoms with E-state index in [0.717, 1.165) is 12.0 Å². The predicted octanol–water partition coefficient (Wildman–Crippen LogP) is 4.14. The monoisotopic (exact) mass is 387 g/mol. The van der Waals surface area contributed by atoms with Crippen molar-refractivity contribution in [2.24, 2.45) is 0 Å². The summed E-state index contributed by atoms with van der Waals surface area (Å²) in [5, 5.41) is 3.08. The summed E-state index contributed by atoms with van der Waals surface area (Å²) >= 11 is 0. The van der Waals surface area contributed by atoms with Crippen LogP contribution in [-0.4, -0.2) is 33.3 Å². The van der Waals surface area contributed by atoms with Gasteiger partial charge in [0, 0.05) is 6.07 Å². The lowest BCUT2D eigenvalue weighted by Gasteiger charge is -2.23. The third kappa shape index (κ3) is 5.31. The third-order valence-corrected chi connectivity index (χ3v) is 4.52. The maximum Gasteiger partial charge on any atom is 0.261 e. The summed E-state index contributed by atoms with van der Waals surface area (Å²) in [6.45, 7) is 3.94. The van der Waals surface area contributed by atoms with Crippen LogP contribution in [0.3, 0.4) is 0 Å². The van der Waals surface area contributed by atoms with Crippen molar-refractivity contribution < 1.29 is 23.7 Å². The van der Waals surface area contributed by atoms with Crippen LogP contribution in [0.5, 0.6) is 23.0 Å². The van der Waals surface area contributed by atoms with Gasteiger partial charge >= 0.3 is 0 Å². The molecule has 0 aliphatic heterocycles. The first-order chi connectivity index (χ1) is 13.6. The summed E-state index contributed by atoms with van der Waals surface area (Å²) in [7, 11) is 4.78. The Morgan fingerprint density at radius 3 is 2.21 bits per heavy atom. The summed E-state index contributed by atoms with van der Waals surface area (Å²) in [5.74, 6) is 2.41. The van der Waals surface area contributed by atoms with Crippen molar-refractivity contribution in [3.8, 4) is 23.0 Å². The molecule has 28 heavy (non-hydrogen) atoms. The topological polar surface area (TPSA) is 66.0 Å². The lowest BCUT2D eigenvalue weighted by molar-refractivity contribution is -0.129. The van der Waals surface area contributed by atoms with Crippen LogP contribution in [0.4, 0.5) is 0 Å². The standard InChI is InChI=1S/C22H29NO5/c1-6-18(15-11-12-20(26-4)21(13-15)27-5)23-22(24)19(7-2)28-17-10-8-9-16(14-17)25-3/h8-14,18-19H,6-7H2,1-5H3,(H,23,24)/t18-,19-/m1/s1. The minimum absolute atomic E-state index is 0.157. The Morgan fingerprint density at radius 2 is 1.61 bits per heavy atom. The van der Waals surface area contributed by atoms with Crippen LogP contribution in [-0.2, 0) is 4.79 Å². The molecule has 6 nitrogen and oxygen atoms in total. The molecule has 0 unspecified atom stereocenters. The number of hydrogen-bond acceptors (Lipinski definition) is 5. The van der Waals surface area contributed by atoms with E-state index in [-0.39, 0.29) is 11.9 Å². The summed E-state index contributed by atoms with van der Waals surface area (Å²) in [5.41, 5.74) is 0.949. The molecule has 0 saturated heterocycles. The van der Waals surface area contributed by atoms with Gasteiger partial charge in [-0.2, -0.15) is 0 Å². The van der Waals surface area contributed by atoms with E-state index >= 15 is 0 Å². The van der Waals surface area contributed by atoms with Gasteiger partial charge < -0.3 is 24.3 Å². The third-order valence-electron chi connectivity index (χ3n) is 4.52. The number of ether oxygens (including phenoxy) is 4. The molecule has 0 aliphatic carbocycles. The number of methoxy groups -OCH3 is 3. The molecule has 2 rings (SSSR count). The molecule has 0 aliphatic rings. The maximum absolute atomic E-state index is 12.8. The second-order valence-electron chi connectivity index (χ2n) is 6.28. The Balaban J connectivity index is 2.12. The SMILES string of the molecule is CC[C@@H](Oc1cccc(OC)c1)C(=O)N[C@H](CC)c1ccc(OC)c(OC)c1. The molecule has 1 N–H and O–H groups in total. The fraction of sp³-hybridized carbons (Fsp3) is 0.409. The normalized spacial score (nSPS) is 12.6. The van der Waals surface area contributed by atoms with E-state index in [2.05, 4.69) is 5.32 Å². The van der Waals surface area contributed by atoms with E-state index in [1.807, 2.05) is 50.2 Å². The van der Waals surface area contributed by atoms with Crippen molar-refractivity contribution in [3.05, 3.63) is 48.0 Å². The zero-order valence-electron chi connectivity index (χ0n) is 17.2. The van der Waals surface area contributed by atoms with Crippen molar-refractivity contribution in [2.45, 2.75) is 38.8 Å². The van der Waals surface area contributed by atoms with Gasteiger partial charge in [0.05, 0.1) is 27.4 Å². The van der Waals surface area contributed by atoms with Crippen molar-refractivity contribution in [1.82, 2.24) is 5.32 Å². The van der Waals surface area contributed by atoms with Gasteiger partial charge in [-0.1, -0.05) is 26.0 Å². The molecule has 2 aromatic carbocycles. The molecule has 2 aromatic rings. The van der Waals surface area contributed by atoms with Gasteiger partial charge in [0.25, 0.3) is 5.91 Å². The molecule has 0 aromatic heterocycles. The second-order valence-corrected chi connectivity index (χ2v) is 6.28. The first-order valence-corrected chi connectivity index (χ1v) is 9.39. The molecule has 0 fully saturated rings. The highest BCUT2D eigenvalue weighted by Crippen LogP contribution is 2.31. The van der Waals surface area contributed by atoms with Crippen molar-refractivity contribution in [1.29, 1.82) is 0 Å². The van der Waals surface area contributed by atoms with Crippen LogP contribution in [0.1, 0.15) is 38.3 Å². The van der Waals surface area contributed by atoms with Gasteiger partial charge in [0.1, 0.15) is 11.5 Å². The Labute approximate surface area is 166 Å². The highest BCUT2D eigenvalue weighted by molar-refractivity contribution is 5.81. The zero-order valence-corrected chi connectivity index (χ0v) is 17.2. The van der Waals surface area contributed by atoms with Crippen molar-refractivity contribution in [2.75, 3.05) is 21.3 Å². The predicted molar refractivity (Wildman–Crippen MR) is 108 cm³/mol. The van der Waals surface area contributed by atoms with Gasteiger partial charge in [-0.05, 0) is 42.7 Å². The second kappa shape index (κ2) is 10.4. The zero-order chi connectivity index (χ0) is 20.5. The van der Waals surface area contributed by atoms with Crippen LogP contribution >= 0.6 is 0 Å². The molecular formula is C22H29NO5. The smallest absolute Gasteiger partial charge is 0.261 e. The number of amides is 1. The Kier molecular flexibility index (Phi) is 7.99. The Morgan fingerprint density at radius 1 is 0.893 bits per heavy atom. The first kappa shape index (κ1) is 21.4. The number of hydrogen-bond donors (Lipinski definition) is 1. The van der Waals surface area contributed by atoms with Gasteiger partial charge in [-0.3, -0.25) is 4.79 Å². The average molecular weight is 387 g/mol. The largest absolute Gasteiger partial charge is 0.497 e. The molecule has 1 amide bonds. The van der Waals surface area contributed by atoms with Gasteiger partial charge in [-0.25, -0.2) is 0 Å². The molecular weight excluding hydrogens is 358 g/mol. The highest BCUT2D eigenvalue weighted by Gasteiger charge is 2.23. The molecule has 0 heterocycles. The van der Waals surface area contributed by atoms with E-state index in [4.69, 9.17) is 18.9 Å². The van der Waals surface area contributed by atoms with E-state index in [1.165, 1.54) is 0 Å². The molecule has 6 heteroatoms. The van der Waals surface area contributed by atoms with Crippen LogP contribution in [0.25, 0.3) is 0 Å². The molecule has 0 saturated carbocycles. The summed E-state index contributed by atoms with van der Waals surface area (Å²) < 4.78 is 21.8. The van der Waals surface area contributed by atoms with Crippen LogP contribution in [0.15, 0.2) is 42.5 Å². The van der Waals surface area contributed by atoms with E-state index in [0.29, 0.717) is 29.4 Å². The average Bonchev–Trinajstić information content (AvgIpc) is 2.75. The Bertz CT molecular complexity index is 777. The molecule has 2 atom stereocenters. The summed E-state index contributed by atoms with van der Waals surface area (Å²) in [4.78, 5) is 12.8.